The second kappa shape index (κ2) is 8.30. The maximum Gasteiger partial charge on any atom is 0.269 e. The maximum absolute atomic E-state index is 13.6. The lowest BCUT2D eigenvalue weighted by Gasteiger charge is -2.24. The van der Waals surface area contributed by atoms with Crippen LogP contribution in [0.1, 0.15) is 36.5 Å². The zero-order valence-electron chi connectivity index (χ0n) is 18.1. The van der Waals surface area contributed by atoms with E-state index in [0.717, 1.165) is 42.4 Å². The van der Waals surface area contributed by atoms with Gasteiger partial charge in [0.25, 0.3) is 15.6 Å². The zero-order valence-corrected chi connectivity index (χ0v) is 18.9. The molecule has 0 saturated heterocycles. The molecule has 0 saturated carbocycles. The number of hydrogen-bond acceptors (Lipinski definition) is 4. The number of anilines is 1. The SMILES string of the molecule is CCN(c1ccccc1)S(=O)(=O)c1cc(-c2nn(C)c(=O)c3c2CCCC3)ccc1C. The maximum atomic E-state index is 13.6. The van der Waals surface area contributed by atoms with Crippen LogP contribution in [-0.2, 0) is 29.9 Å². The van der Waals surface area contributed by atoms with Crippen molar-refractivity contribution in [3.63, 3.8) is 0 Å². The van der Waals surface area contributed by atoms with Crippen molar-refractivity contribution in [2.75, 3.05) is 10.8 Å². The van der Waals surface area contributed by atoms with Crippen LogP contribution in [0, 0.1) is 6.92 Å². The fourth-order valence-corrected chi connectivity index (χ4v) is 6.04. The molecular weight excluding hydrogens is 410 g/mol. The van der Waals surface area contributed by atoms with Crippen LogP contribution in [0.4, 0.5) is 5.69 Å². The quantitative estimate of drug-likeness (QED) is 0.608. The van der Waals surface area contributed by atoms with E-state index in [-0.39, 0.29) is 10.5 Å². The van der Waals surface area contributed by atoms with Crippen LogP contribution >= 0.6 is 0 Å². The van der Waals surface area contributed by atoms with E-state index in [1.54, 1.807) is 32.2 Å². The molecule has 6 nitrogen and oxygen atoms in total. The van der Waals surface area contributed by atoms with E-state index in [0.29, 0.717) is 23.5 Å². The van der Waals surface area contributed by atoms with E-state index in [1.165, 1.54) is 8.99 Å². The van der Waals surface area contributed by atoms with Crippen LogP contribution in [0.5, 0.6) is 0 Å². The summed E-state index contributed by atoms with van der Waals surface area (Å²) in [7, 11) is -2.11. The van der Waals surface area contributed by atoms with Gasteiger partial charge in [0.05, 0.1) is 16.3 Å². The molecule has 0 radical (unpaired) electrons. The van der Waals surface area contributed by atoms with Crippen LogP contribution in [-0.4, -0.2) is 24.7 Å². The van der Waals surface area contributed by atoms with Gasteiger partial charge in [-0.2, -0.15) is 5.10 Å². The van der Waals surface area contributed by atoms with Gasteiger partial charge in [0.2, 0.25) is 0 Å². The molecule has 1 aromatic heterocycles. The summed E-state index contributed by atoms with van der Waals surface area (Å²) in [6, 6.07) is 14.5. The van der Waals surface area contributed by atoms with Crippen molar-refractivity contribution in [1.82, 2.24) is 9.78 Å². The first-order valence-corrected chi connectivity index (χ1v) is 12.1. The predicted molar refractivity (Wildman–Crippen MR) is 123 cm³/mol. The topological polar surface area (TPSA) is 72.3 Å². The first-order valence-electron chi connectivity index (χ1n) is 10.6. The molecular formula is C24H27N3O3S. The second-order valence-corrected chi connectivity index (χ2v) is 9.76. The Morgan fingerprint density at radius 3 is 2.39 bits per heavy atom. The Kier molecular flexibility index (Phi) is 5.71. The third kappa shape index (κ3) is 3.78. The van der Waals surface area contributed by atoms with Gasteiger partial charge in [-0.3, -0.25) is 9.10 Å². The van der Waals surface area contributed by atoms with E-state index in [1.807, 2.05) is 37.3 Å². The van der Waals surface area contributed by atoms with Gasteiger partial charge in [-0.1, -0.05) is 30.3 Å². The van der Waals surface area contributed by atoms with E-state index in [2.05, 4.69) is 5.10 Å². The Bertz CT molecular complexity index is 1280. The Labute approximate surface area is 183 Å². The minimum Gasteiger partial charge on any atom is -0.268 e. The molecule has 0 amide bonds. The van der Waals surface area contributed by atoms with Crippen LogP contribution in [0.15, 0.2) is 58.2 Å². The highest BCUT2D eigenvalue weighted by molar-refractivity contribution is 7.92. The average molecular weight is 438 g/mol. The Morgan fingerprint density at radius 1 is 1.03 bits per heavy atom. The molecule has 162 valence electrons. The number of rotatable bonds is 5. The summed E-state index contributed by atoms with van der Waals surface area (Å²) in [6.45, 7) is 3.96. The summed E-state index contributed by atoms with van der Waals surface area (Å²) in [4.78, 5) is 12.8. The average Bonchev–Trinajstić information content (AvgIpc) is 2.77. The van der Waals surface area contributed by atoms with Crippen molar-refractivity contribution < 1.29 is 8.42 Å². The van der Waals surface area contributed by atoms with E-state index >= 15 is 0 Å². The standard InChI is InChI=1S/C24H27N3O3S/c1-4-27(19-10-6-5-7-11-19)31(29,30)22-16-18(15-14-17(22)2)23-20-12-8-9-13-21(20)24(28)26(3)25-23/h5-7,10-11,14-16H,4,8-9,12-13H2,1-3H3. The van der Waals surface area contributed by atoms with Crippen molar-refractivity contribution in [2.45, 2.75) is 44.4 Å². The summed E-state index contributed by atoms with van der Waals surface area (Å²) in [5.41, 5.74) is 4.45. The van der Waals surface area contributed by atoms with Gasteiger partial charge in [0, 0.05) is 24.7 Å². The highest BCUT2D eigenvalue weighted by Gasteiger charge is 2.27. The fraction of sp³-hybridized carbons (Fsp3) is 0.333. The highest BCUT2D eigenvalue weighted by Crippen LogP contribution is 2.32. The molecule has 0 atom stereocenters. The normalized spacial score (nSPS) is 13.6. The van der Waals surface area contributed by atoms with Crippen LogP contribution in [0.3, 0.4) is 0 Å². The first kappa shape index (κ1) is 21.3. The number of aromatic nitrogens is 2. The molecule has 0 bridgehead atoms. The summed E-state index contributed by atoms with van der Waals surface area (Å²) in [5, 5.41) is 4.53. The second-order valence-electron chi connectivity index (χ2n) is 7.93. The predicted octanol–water partition coefficient (Wildman–Crippen LogP) is 3.85. The zero-order chi connectivity index (χ0) is 22.2. The van der Waals surface area contributed by atoms with E-state index in [4.69, 9.17) is 0 Å². The Balaban J connectivity index is 1.88. The largest absolute Gasteiger partial charge is 0.269 e. The molecule has 2 aromatic carbocycles. The molecule has 0 N–H and O–H groups in total. The lowest BCUT2D eigenvalue weighted by molar-refractivity contribution is 0.591. The van der Waals surface area contributed by atoms with Crippen LogP contribution in [0.25, 0.3) is 11.3 Å². The Hall–Kier alpha value is -2.93. The van der Waals surface area contributed by atoms with Gasteiger partial charge in [-0.25, -0.2) is 13.1 Å². The lowest BCUT2D eigenvalue weighted by atomic mass is 9.89. The van der Waals surface area contributed by atoms with Gasteiger partial charge in [0.1, 0.15) is 0 Å². The molecule has 1 heterocycles. The van der Waals surface area contributed by atoms with Crippen LogP contribution in [0.2, 0.25) is 0 Å². The molecule has 31 heavy (non-hydrogen) atoms. The minimum absolute atomic E-state index is 0.0559. The van der Waals surface area contributed by atoms with Crippen molar-refractivity contribution in [1.29, 1.82) is 0 Å². The third-order valence-electron chi connectivity index (χ3n) is 5.92. The number of nitrogens with zero attached hydrogens (tertiary/aromatic N) is 3. The molecule has 0 fully saturated rings. The van der Waals surface area contributed by atoms with Gasteiger partial charge in [-0.05, 0) is 68.9 Å². The molecule has 0 spiro atoms. The fourth-order valence-electron chi connectivity index (χ4n) is 4.32. The van der Waals surface area contributed by atoms with Crippen molar-refractivity contribution in [3.05, 3.63) is 75.6 Å². The molecule has 3 aromatic rings. The van der Waals surface area contributed by atoms with E-state index < -0.39 is 10.0 Å². The third-order valence-corrected chi connectivity index (χ3v) is 7.96. The number of fused-ring (bicyclic) bond motifs is 1. The van der Waals surface area contributed by atoms with E-state index in [9.17, 15) is 13.2 Å². The van der Waals surface area contributed by atoms with Gasteiger partial charge in [-0.15, -0.1) is 0 Å². The number of hydrogen-bond donors (Lipinski definition) is 0. The smallest absolute Gasteiger partial charge is 0.268 e. The number of para-hydroxylation sites is 1. The molecule has 0 aliphatic heterocycles. The van der Waals surface area contributed by atoms with Crippen molar-refractivity contribution in [2.24, 2.45) is 7.05 Å². The van der Waals surface area contributed by atoms with Gasteiger partial charge >= 0.3 is 0 Å². The molecule has 7 heteroatoms. The first-order chi connectivity index (χ1) is 14.8. The number of aryl methyl sites for hydroxylation is 2. The Morgan fingerprint density at radius 2 is 1.71 bits per heavy atom. The van der Waals surface area contributed by atoms with Gasteiger partial charge in [0.15, 0.2) is 0 Å². The summed E-state index contributed by atoms with van der Waals surface area (Å²) in [6.07, 6.45) is 3.52. The molecule has 1 aliphatic rings. The summed E-state index contributed by atoms with van der Waals surface area (Å²) in [5.74, 6) is 0. The summed E-state index contributed by atoms with van der Waals surface area (Å²) >= 11 is 0. The molecule has 0 unspecified atom stereocenters. The minimum atomic E-state index is -3.77. The number of benzene rings is 2. The lowest BCUT2D eigenvalue weighted by Crippen LogP contribution is -2.31. The monoisotopic (exact) mass is 437 g/mol. The van der Waals surface area contributed by atoms with Crippen molar-refractivity contribution >= 4 is 15.7 Å². The molecule has 4 rings (SSSR count). The van der Waals surface area contributed by atoms with Crippen molar-refractivity contribution in [3.8, 4) is 11.3 Å². The van der Waals surface area contributed by atoms with Crippen LogP contribution < -0.4 is 9.86 Å². The highest BCUT2D eigenvalue weighted by atomic mass is 32.2. The number of sulfonamides is 1. The van der Waals surface area contributed by atoms with Gasteiger partial charge < -0.3 is 0 Å². The summed E-state index contributed by atoms with van der Waals surface area (Å²) < 4.78 is 30.0. The molecule has 1 aliphatic carbocycles.